The van der Waals surface area contributed by atoms with Gasteiger partial charge in [-0.25, -0.2) is 0 Å². The molecule has 1 aromatic rings. The first kappa shape index (κ1) is 12.6. The molecule has 0 aromatic heterocycles. The van der Waals surface area contributed by atoms with Crippen LogP contribution in [0.1, 0.15) is 18.9 Å². The lowest BCUT2D eigenvalue weighted by Crippen LogP contribution is -2.13. The van der Waals surface area contributed by atoms with E-state index in [2.05, 4.69) is 0 Å². The van der Waals surface area contributed by atoms with Crippen molar-refractivity contribution in [3.05, 3.63) is 23.8 Å². The Morgan fingerprint density at radius 3 is 2.81 bits per heavy atom. The highest BCUT2D eigenvalue weighted by Crippen LogP contribution is 2.12. The van der Waals surface area contributed by atoms with Crippen LogP contribution >= 0.6 is 0 Å². The van der Waals surface area contributed by atoms with Gasteiger partial charge in [-0.2, -0.15) is 0 Å². The first-order chi connectivity index (χ1) is 7.67. The number of benzene rings is 1. The standard InChI is InChI=1S/C12H15BO3/c1-3-16-12(14)7-4-9-8-10(15-2)5-6-11(9)13/h5-6,8H,3-4,7H2,1-2H3. The summed E-state index contributed by atoms with van der Waals surface area (Å²) < 4.78 is 9.94. The van der Waals surface area contributed by atoms with Gasteiger partial charge >= 0.3 is 5.97 Å². The minimum Gasteiger partial charge on any atom is -0.497 e. The fourth-order valence-electron chi connectivity index (χ4n) is 1.40. The van der Waals surface area contributed by atoms with Crippen molar-refractivity contribution in [1.82, 2.24) is 0 Å². The third-order valence-corrected chi connectivity index (χ3v) is 2.25. The highest BCUT2D eigenvalue weighted by atomic mass is 16.5. The normalized spacial score (nSPS) is 9.88. The van der Waals surface area contributed by atoms with Gasteiger partial charge in [0, 0.05) is 6.42 Å². The third-order valence-electron chi connectivity index (χ3n) is 2.25. The van der Waals surface area contributed by atoms with E-state index in [9.17, 15) is 4.79 Å². The Morgan fingerprint density at radius 2 is 2.19 bits per heavy atom. The predicted molar refractivity (Wildman–Crippen MR) is 63.3 cm³/mol. The molecule has 2 radical (unpaired) electrons. The second kappa shape index (κ2) is 6.21. The number of carbonyl (C=O) groups is 1. The van der Waals surface area contributed by atoms with Gasteiger partial charge in [0.2, 0.25) is 0 Å². The molecule has 1 rings (SSSR count). The molecule has 0 atom stereocenters. The fraction of sp³-hybridized carbons (Fsp3) is 0.417. The van der Waals surface area contributed by atoms with Crippen LogP contribution in [-0.4, -0.2) is 27.5 Å². The fourth-order valence-corrected chi connectivity index (χ4v) is 1.40. The molecule has 0 unspecified atom stereocenters. The first-order valence-corrected chi connectivity index (χ1v) is 5.25. The minimum atomic E-state index is -0.204. The monoisotopic (exact) mass is 218 g/mol. The van der Waals surface area contributed by atoms with Crippen molar-refractivity contribution < 1.29 is 14.3 Å². The van der Waals surface area contributed by atoms with Gasteiger partial charge in [-0.15, -0.1) is 0 Å². The van der Waals surface area contributed by atoms with Gasteiger partial charge in [0.25, 0.3) is 0 Å². The van der Waals surface area contributed by atoms with Gasteiger partial charge in [-0.3, -0.25) is 4.79 Å². The summed E-state index contributed by atoms with van der Waals surface area (Å²) in [6, 6.07) is 5.41. The molecule has 0 spiro atoms. The van der Waals surface area contributed by atoms with Crippen molar-refractivity contribution in [1.29, 1.82) is 0 Å². The third kappa shape index (κ3) is 3.61. The van der Waals surface area contributed by atoms with E-state index < -0.39 is 0 Å². The minimum absolute atomic E-state index is 0.204. The molecule has 0 saturated carbocycles. The molecule has 1 aromatic carbocycles. The zero-order chi connectivity index (χ0) is 12.0. The average molecular weight is 218 g/mol. The smallest absolute Gasteiger partial charge is 0.306 e. The van der Waals surface area contributed by atoms with Gasteiger partial charge < -0.3 is 9.47 Å². The summed E-state index contributed by atoms with van der Waals surface area (Å²) in [6.07, 6.45) is 0.910. The van der Waals surface area contributed by atoms with Gasteiger partial charge in [0.15, 0.2) is 0 Å². The van der Waals surface area contributed by atoms with E-state index in [0.717, 1.165) is 11.3 Å². The van der Waals surface area contributed by atoms with Gasteiger partial charge in [-0.05, 0) is 25.5 Å². The lowest BCUT2D eigenvalue weighted by atomic mass is 9.88. The summed E-state index contributed by atoms with van der Waals surface area (Å²) >= 11 is 0. The van der Waals surface area contributed by atoms with Crippen molar-refractivity contribution in [2.75, 3.05) is 13.7 Å². The number of hydrogen-bond acceptors (Lipinski definition) is 3. The molecule has 0 heterocycles. The van der Waals surface area contributed by atoms with Crippen molar-refractivity contribution in [3.63, 3.8) is 0 Å². The first-order valence-electron chi connectivity index (χ1n) is 5.25. The second-order valence-corrected chi connectivity index (χ2v) is 3.37. The summed E-state index contributed by atoms with van der Waals surface area (Å²) in [5.41, 5.74) is 1.58. The maximum Gasteiger partial charge on any atom is 0.306 e. The van der Waals surface area contributed by atoms with Crippen LogP contribution in [0.15, 0.2) is 18.2 Å². The van der Waals surface area contributed by atoms with Crippen molar-refractivity contribution >= 4 is 19.3 Å². The summed E-state index contributed by atoms with van der Waals surface area (Å²) in [5.74, 6) is 0.540. The summed E-state index contributed by atoms with van der Waals surface area (Å²) in [7, 11) is 7.39. The second-order valence-electron chi connectivity index (χ2n) is 3.37. The summed E-state index contributed by atoms with van der Waals surface area (Å²) in [5, 5.41) is 0. The predicted octanol–water partition coefficient (Wildman–Crippen LogP) is 0.985. The molecule has 3 nitrogen and oxygen atoms in total. The van der Waals surface area contributed by atoms with Crippen LogP contribution < -0.4 is 10.2 Å². The molecule has 0 N–H and O–H groups in total. The summed E-state index contributed by atoms with van der Waals surface area (Å²) in [6.45, 7) is 2.20. The quantitative estimate of drug-likeness (QED) is 0.546. The van der Waals surface area contributed by atoms with Crippen LogP contribution in [0.5, 0.6) is 5.75 Å². The Labute approximate surface area is 97.2 Å². The maximum absolute atomic E-state index is 11.2. The van der Waals surface area contributed by atoms with Crippen LogP contribution in [0.3, 0.4) is 0 Å². The molecule has 0 bridgehead atoms. The maximum atomic E-state index is 11.2. The Kier molecular flexibility index (Phi) is 4.90. The zero-order valence-corrected chi connectivity index (χ0v) is 9.66. The van der Waals surface area contributed by atoms with Crippen LogP contribution in [-0.2, 0) is 16.0 Å². The molecule has 4 heteroatoms. The number of methoxy groups -OCH3 is 1. The molecule has 0 aliphatic carbocycles. The van der Waals surface area contributed by atoms with E-state index in [-0.39, 0.29) is 5.97 Å². The molecule has 84 valence electrons. The van der Waals surface area contributed by atoms with E-state index in [0.29, 0.717) is 24.9 Å². The van der Waals surface area contributed by atoms with Crippen molar-refractivity contribution in [2.45, 2.75) is 19.8 Å². The number of aryl methyl sites for hydroxylation is 1. The lowest BCUT2D eigenvalue weighted by Gasteiger charge is -2.08. The molecular weight excluding hydrogens is 203 g/mol. The molecule has 0 saturated heterocycles. The van der Waals surface area contributed by atoms with Gasteiger partial charge in [-0.1, -0.05) is 17.1 Å². The van der Waals surface area contributed by atoms with Crippen molar-refractivity contribution in [2.24, 2.45) is 0 Å². The highest BCUT2D eigenvalue weighted by molar-refractivity contribution is 6.33. The number of rotatable bonds is 5. The molecule has 16 heavy (non-hydrogen) atoms. The molecule has 0 aliphatic heterocycles. The molecule has 0 amide bonds. The Balaban J connectivity index is 2.62. The van der Waals surface area contributed by atoms with Crippen molar-refractivity contribution in [3.8, 4) is 5.75 Å². The number of carbonyl (C=O) groups excluding carboxylic acids is 1. The van der Waals surface area contributed by atoms with Crippen LogP contribution in [0.2, 0.25) is 0 Å². The largest absolute Gasteiger partial charge is 0.497 e. The Morgan fingerprint density at radius 1 is 1.44 bits per heavy atom. The number of esters is 1. The topological polar surface area (TPSA) is 35.5 Å². The van der Waals surface area contributed by atoms with Gasteiger partial charge in [0.05, 0.1) is 13.7 Å². The number of ether oxygens (including phenoxy) is 2. The molecule has 0 fully saturated rings. The van der Waals surface area contributed by atoms with Crippen LogP contribution in [0, 0.1) is 0 Å². The van der Waals surface area contributed by atoms with E-state index in [1.807, 2.05) is 6.07 Å². The number of hydrogen-bond donors (Lipinski definition) is 0. The Hall–Kier alpha value is -1.45. The summed E-state index contributed by atoms with van der Waals surface area (Å²) in [4.78, 5) is 11.2. The van der Waals surface area contributed by atoms with Gasteiger partial charge in [0.1, 0.15) is 13.6 Å². The van der Waals surface area contributed by atoms with E-state index in [4.69, 9.17) is 17.3 Å². The average Bonchev–Trinajstić information content (AvgIpc) is 2.28. The SMILES string of the molecule is [B]c1ccc(OC)cc1CCC(=O)OCC. The molecule has 0 aliphatic rings. The Bertz CT molecular complexity index is 363. The van der Waals surface area contributed by atoms with Crippen LogP contribution in [0.25, 0.3) is 0 Å². The van der Waals surface area contributed by atoms with E-state index in [1.54, 1.807) is 26.2 Å². The zero-order valence-electron chi connectivity index (χ0n) is 9.66. The molecular formula is C12H15BO3. The van der Waals surface area contributed by atoms with Crippen LogP contribution in [0.4, 0.5) is 0 Å². The van der Waals surface area contributed by atoms with E-state index >= 15 is 0 Å². The lowest BCUT2D eigenvalue weighted by molar-refractivity contribution is -0.143. The highest BCUT2D eigenvalue weighted by Gasteiger charge is 2.05. The van der Waals surface area contributed by atoms with E-state index in [1.165, 1.54) is 0 Å².